The smallest absolute Gasteiger partial charge is 0.319 e. The van der Waals surface area contributed by atoms with Gasteiger partial charge < -0.3 is 20.1 Å². The standard InChI is InChI=1S/C16H17N3O3/c1-21-15-7-6-12(9-17-15)19-16(20)18-10-13-8-11-4-2-3-5-14(11)22-13/h2-7,9,13H,8,10H2,1H3,(H2,18,19,20)/t13-/m1/s1. The van der Waals surface area contributed by atoms with Crippen LogP contribution in [0.2, 0.25) is 0 Å². The summed E-state index contributed by atoms with van der Waals surface area (Å²) in [5, 5.41) is 5.52. The van der Waals surface area contributed by atoms with Gasteiger partial charge in [0.1, 0.15) is 11.9 Å². The number of pyridine rings is 1. The number of para-hydroxylation sites is 1. The third kappa shape index (κ3) is 3.28. The van der Waals surface area contributed by atoms with Crippen molar-refractivity contribution >= 4 is 11.7 Å². The van der Waals surface area contributed by atoms with E-state index in [0.717, 1.165) is 12.2 Å². The Hall–Kier alpha value is -2.76. The predicted octanol–water partition coefficient (Wildman–Crippen LogP) is 2.22. The van der Waals surface area contributed by atoms with E-state index in [9.17, 15) is 4.79 Å². The summed E-state index contributed by atoms with van der Waals surface area (Å²) >= 11 is 0. The third-order valence-electron chi connectivity index (χ3n) is 3.41. The van der Waals surface area contributed by atoms with Gasteiger partial charge in [-0.2, -0.15) is 0 Å². The van der Waals surface area contributed by atoms with Crippen LogP contribution in [0.5, 0.6) is 11.6 Å². The van der Waals surface area contributed by atoms with Crippen LogP contribution in [0.3, 0.4) is 0 Å². The van der Waals surface area contributed by atoms with E-state index < -0.39 is 0 Å². The van der Waals surface area contributed by atoms with Gasteiger partial charge >= 0.3 is 6.03 Å². The van der Waals surface area contributed by atoms with Gasteiger partial charge in [-0.1, -0.05) is 18.2 Å². The molecule has 1 aromatic carbocycles. The van der Waals surface area contributed by atoms with Crippen LogP contribution in [-0.2, 0) is 6.42 Å². The van der Waals surface area contributed by atoms with E-state index in [1.807, 2.05) is 24.3 Å². The van der Waals surface area contributed by atoms with Gasteiger partial charge in [0.2, 0.25) is 5.88 Å². The second-order valence-electron chi connectivity index (χ2n) is 4.98. The minimum absolute atomic E-state index is 0.0304. The number of rotatable bonds is 4. The molecule has 2 aromatic rings. The molecule has 114 valence electrons. The summed E-state index contributed by atoms with van der Waals surface area (Å²) in [6, 6.07) is 11.0. The Labute approximate surface area is 128 Å². The molecular weight excluding hydrogens is 282 g/mol. The number of hydrogen-bond acceptors (Lipinski definition) is 4. The molecule has 1 aromatic heterocycles. The van der Waals surface area contributed by atoms with E-state index in [4.69, 9.17) is 9.47 Å². The first kappa shape index (κ1) is 14.2. The Bertz CT molecular complexity index is 633. The zero-order chi connectivity index (χ0) is 15.4. The Morgan fingerprint density at radius 3 is 2.95 bits per heavy atom. The summed E-state index contributed by atoms with van der Waals surface area (Å²) in [5.74, 6) is 1.40. The van der Waals surface area contributed by atoms with Gasteiger partial charge in [-0.25, -0.2) is 9.78 Å². The second kappa shape index (κ2) is 6.34. The second-order valence-corrected chi connectivity index (χ2v) is 4.98. The number of nitrogens with zero attached hydrogens (tertiary/aromatic N) is 1. The quantitative estimate of drug-likeness (QED) is 0.908. The fraction of sp³-hybridized carbons (Fsp3) is 0.250. The molecule has 2 N–H and O–H groups in total. The Kier molecular flexibility index (Phi) is 4.09. The molecule has 1 atom stereocenters. The van der Waals surface area contributed by atoms with Gasteiger partial charge in [-0.15, -0.1) is 0 Å². The van der Waals surface area contributed by atoms with Crippen molar-refractivity contribution in [2.45, 2.75) is 12.5 Å². The Balaban J connectivity index is 1.47. The van der Waals surface area contributed by atoms with Crippen molar-refractivity contribution < 1.29 is 14.3 Å². The van der Waals surface area contributed by atoms with Crippen molar-refractivity contribution in [3.63, 3.8) is 0 Å². The molecular formula is C16H17N3O3. The van der Waals surface area contributed by atoms with Gasteiger partial charge in [0, 0.05) is 12.5 Å². The average molecular weight is 299 g/mol. The molecule has 2 heterocycles. The van der Waals surface area contributed by atoms with Crippen molar-refractivity contribution in [1.82, 2.24) is 10.3 Å². The number of fused-ring (bicyclic) bond motifs is 1. The third-order valence-corrected chi connectivity index (χ3v) is 3.41. The molecule has 6 heteroatoms. The van der Waals surface area contributed by atoms with E-state index in [1.54, 1.807) is 25.4 Å². The van der Waals surface area contributed by atoms with Crippen LogP contribution in [-0.4, -0.2) is 30.8 Å². The first-order valence-electron chi connectivity index (χ1n) is 7.04. The van der Waals surface area contributed by atoms with E-state index in [-0.39, 0.29) is 12.1 Å². The number of urea groups is 1. The minimum Gasteiger partial charge on any atom is -0.488 e. The molecule has 0 radical (unpaired) electrons. The van der Waals surface area contributed by atoms with E-state index in [0.29, 0.717) is 18.1 Å². The Morgan fingerprint density at radius 2 is 2.23 bits per heavy atom. The minimum atomic E-state index is -0.286. The number of ether oxygens (including phenoxy) is 2. The van der Waals surface area contributed by atoms with E-state index in [2.05, 4.69) is 15.6 Å². The lowest BCUT2D eigenvalue weighted by atomic mass is 10.1. The number of benzene rings is 1. The highest BCUT2D eigenvalue weighted by Crippen LogP contribution is 2.27. The maximum atomic E-state index is 11.9. The van der Waals surface area contributed by atoms with Crippen LogP contribution in [0.4, 0.5) is 10.5 Å². The molecule has 0 bridgehead atoms. The van der Waals surface area contributed by atoms with Crippen LogP contribution in [0.15, 0.2) is 42.6 Å². The lowest BCUT2D eigenvalue weighted by Crippen LogP contribution is -2.37. The Morgan fingerprint density at radius 1 is 1.36 bits per heavy atom. The van der Waals surface area contributed by atoms with Gasteiger partial charge in [0.25, 0.3) is 0 Å². The van der Waals surface area contributed by atoms with Crippen LogP contribution in [0.25, 0.3) is 0 Å². The van der Waals surface area contributed by atoms with Crippen molar-refractivity contribution in [2.24, 2.45) is 0 Å². The predicted molar refractivity (Wildman–Crippen MR) is 82.4 cm³/mol. The highest BCUT2D eigenvalue weighted by Gasteiger charge is 2.22. The molecule has 2 amide bonds. The first-order chi connectivity index (χ1) is 10.7. The van der Waals surface area contributed by atoms with E-state index in [1.165, 1.54) is 5.56 Å². The summed E-state index contributed by atoms with van der Waals surface area (Å²) in [5.41, 5.74) is 1.78. The molecule has 0 saturated heterocycles. The number of carbonyl (C=O) groups excluding carboxylic acids is 1. The zero-order valence-corrected chi connectivity index (χ0v) is 12.2. The fourth-order valence-electron chi connectivity index (χ4n) is 2.32. The van der Waals surface area contributed by atoms with Gasteiger partial charge in [-0.3, -0.25) is 0 Å². The van der Waals surface area contributed by atoms with Crippen LogP contribution >= 0.6 is 0 Å². The number of anilines is 1. The topological polar surface area (TPSA) is 72.5 Å². The molecule has 0 unspecified atom stereocenters. The number of carbonyl (C=O) groups is 1. The molecule has 0 spiro atoms. The highest BCUT2D eigenvalue weighted by molar-refractivity contribution is 5.89. The molecule has 1 aliphatic rings. The molecule has 3 rings (SSSR count). The average Bonchev–Trinajstić information content (AvgIpc) is 2.96. The van der Waals surface area contributed by atoms with Crippen molar-refractivity contribution in [3.8, 4) is 11.6 Å². The maximum Gasteiger partial charge on any atom is 0.319 e. The molecule has 0 aliphatic carbocycles. The SMILES string of the molecule is COc1ccc(NC(=O)NC[C@H]2Cc3ccccc3O2)cn1. The monoisotopic (exact) mass is 299 g/mol. The maximum absolute atomic E-state index is 11.9. The van der Waals surface area contributed by atoms with E-state index >= 15 is 0 Å². The zero-order valence-electron chi connectivity index (χ0n) is 12.2. The van der Waals surface area contributed by atoms with Crippen molar-refractivity contribution in [2.75, 3.05) is 19.0 Å². The summed E-state index contributed by atoms with van der Waals surface area (Å²) in [4.78, 5) is 15.9. The van der Waals surface area contributed by atoms with Crippen molar-refractivity contribution in [1.29, 1.82) is 0 Å². The fourth-order valence-corrected chi connectivity index (χ4v) is 2.32. The molecule has 22 heavy (non-hydrogen) atoms. The number of aromatic nitrogens is 1. The molecule has 1 aliphatic heterocycles. The summed E-state index contributed by atoms with van der Waals surface area (Å²) in [6.45, 7) is 0.449. The highest BCUT2D eigenvalue weighted by atomic mass is 16.5. The summed E-state index contributed by atoms with van der Waals surface area (Å²) in [7, 11) is 1.54. The number of hydrogen-bond donors (Lipinski definition) is 2. The summed E-state index contributed by atoms with van der Waals surface area (Å²) < 4.78 is 10.7. The van der Waals surface area contributed by atoms with Crippen LogP contribution in [0, 0.1) is 0 Å². The summed E-state index contributed by atoms with van der Waals surface area (Å²) in [6.07, 6.45) is 2.32. The molecule has 0 fully saturated rings. The van der Waals surface area contributed by atoms with Gasteiger partial charge in [-0.05, 0) is 17.7 Å². The molecule has 6 nitrogen and oxygen atoms in total. The molecule has 0 saturated carbocycles. The number of amides is 2. The normalized spacial score (nSPS) is 15.6. The van der Waals surface area contributed by atoms with Gasteiger partial charge in [0.15, 0.2) is 0 Å². The first-order valence-corrected chi connectivity index (χ1v) is 7.04. The lowest BCUT2D eigenvalue weighted by molar-refractivity contribution is 0.219. The van der Waals surface area contributed by atoms with Crippen molar-refractivity contribution in [3.05, 3.63) is 48.2 Å². The van der Waals surface area contributed by atoms with Crippen LogP contribution in [0.1, 0.15) is 5.56 Å². The van der Waals surface area contributed by atoms with Crippen LogP contribution < -0.4 is 20.1 Å². The number of methoxy groups -OCH3 is 1. The lowest BCUT2D eigenvalue weighted by Gasteiger charge is -2.12. The number of nitrogens with one attached hydrogen (secondary N) is 2. The van der Waals surface area contributed by atoms with Gasteiger partial charge in [0.05, 0.1) is 25.5 Å². The largest absolute Gasteiger partial charge is 0.488 e.